The Bertz CT molecular complexity index is 374. The first kappa shape index (κ1) is 12.3. The third kappa shape index (κ3) is 1.97. The van der Waals surface area contributed by atoms with E-state index in [0.717, 1.165) is 22.3 Å². The average Bonchev–Trinajstić information content (AvgIpc) is 2.09. The first-order chi connectivity index (χ1) is 6.68. The van der Waals surface area contributed by atoms with Crippen molar-refractivity contribution in [3.8, 4) is 5.75 Å². The average molecular weight is 229 g/mol. The van der Waals surface area contributed by atoms with Crippen molar-refractivity contribution < 1.29 is 10.2 Å². The lowest BCUT2D eigenvalue weighted by Crippen LogP contribution is -2.19. The predicted octanol–water partition coefficient (Wildman–Crippen LogP) is 3.20. The van der Waals surface area contributed by atoms with Crippen LogP contribution >= 0.6 is 11.6 Å². The van der Waals surface area contributed by atoms with Gasteiger partial charge in [-0.05, 0) is 56.9 Å². The van der Waals surface area contributed by atoms with Gasteiger partial charge in [-0.15, -0.1) is 0 Å². The van der Waals surface area contributed by atoms with Crippen LogP contribution < -0.4 is 0 Å². The number of aromatic hydroxyl groups is 1. The number of benzene rings is 1. The molecule has 2 N–H and O–H groups in total. The fourth-order valence-corrected chi connectivity index (χ4v) is 2.25. The van der Waals surface area contributed by atoms with Crippen molar-refractivity contribution in [1.82, 2.24) is 0 Å². The number of rotatable bonds is 1. The second-order valence-electron chi connectivity index (χ2n) is 4.47. The summed E-state index contributed by atoms with van der Waals surface area (Å²) in [7, 11) is 0. The smallest absolute Gasteiger partial charge is 0.137 e. The van der Waals surface area contributed by atoms with Gasteiger partial charge in [0.25, 0.3) is 0 Å². The molecule has 3 heteroatoms. The van der Waals surface area contributed by atoms with Gasteiger partial charge in [0, 0.05) is 0 Å². The van der Waals surface area contributed by atoms with Crippen molar-refractivity contribution in [3.63, 3.8) is 0 Å². The van der Waals surface area contributed by atoms with Crippen molar-refractivity contribution in [3.05, 3.63) is 27.3 Å². The van der Waals surface area contributed by atoms with Gasteiger partial charge in [-0.2, -0.15) is 0 Å². The quantitative estimate of drug-likeness (QED) is 0.775. The van der Waals surface area contributed by atoms with E-state index < -0.39 is 5.60 Å². The summed E-state index contributed by atoms with van der Waals surface area (Å²) in [6.45, 7) is 8.92. The van der Waals surface area contributed by atoms with Crippen LogP contribution in [0.25, 0.3) is 0 Å². The van der Waals surface area contributed by atoms with Crippen LogP contribution in [-0.4, -0.2) is 10.2 Å². The van der Waals surface area contributed by atoms with Gasteiger partial charge in [-0.25, -0.2) is 0 Å². The summed E-state index contributed by atoms with van der Waals surface area (Å²) >= 11 is 6.00. The number of phenols is 1. The molecule has 1 aromatic rings. The molecule has 0 aliphatic heterocycles. The molecular weight excluding hydrogens is 212 g/mol. The molecule has 0 saturated heterocycles. The van der Waals surface area contributed by atoms with Crippen molar-refractivity contribution in [2.75, 3.05) is 0 Å². The summed E-state index contributed by atoms with van der Waals surface area (Å²) in [4.78, 5) is 0. The van der Waals surface area contributed by atoms with Crippen LogP contribution in [0.3, 0.4) is 0 Å². The number of phenolic OH excluding ortho intramolecular Hbond substituents is 1. The van der Waals surface area contributed by atoms with Crippen LogP contribution in [0.15, 0.2) is 0 Å². The maximum absolute atomic E-state index is 10.1. The Hall–Kier alpha value is -0.730. The monoisotopic (exact) mass is 228 g/mol. The minimum absolute atomic E-state index is 0.111. The maximum atomic E-state index is 10.1. The molecule has 0 radical (unpaired) electrons. The third-order valence-electron chi connectivity index (χ3n) is 2.82. The Labute approximate surface area is 95.5 Å². The minimum Gasteiger partial charge on any atom is -0.506 e. The molecule has 0 aliphatic rings. The Morgan fingerprint density at radius 3 is 1.87 bits per heavy atom. The van der Waals surface area contributed by atoms with Gasteiger partial charge >= 0.3 is 0 Å². The number of hydrogen-bond donors (Lipinski definition) is 2. The van der Waals surface area contributed by atoms with Gasteiger partial charge in [-0.3, -0.25) is 0 Å². The number of hydrogen-bond acceptors (Lipinski definition) is 2. The molecule has 1 rings (SSSR count). The molecule has 0 aromatic heterocycles. The third-order valence-corrected chi connectivity index (χ3v) is 3.28. The highest BCUT2D eigenvalue weighted by molar-refractivity contribution is 6.33. The van der Waals surface area contributed by atoms with E-state index in [4.69, 9.17) is 11.6 Å². The van der Waals surface area contributed by atoms with E-state index in [2.05, 4.69) is 0 Å². The van der Waals surface area contributed by atoms with E-state index in [0.29, 0.717) is 5.02 Å². The topological polar surface area (TPSA) is 40.5 Å². The van der Waals surface area contributed by atoms with Crippen molar-refractivity contribution in [1.29, 1.82) is 0 Å². The highest BCUT2D eigenvalue weighted by Gasteiger charge is 2.25. The Kier molecular flexibility index (Phi) is 3.04. The summed E-state index contributed by atoms with van der Waals surface area (Å²) in [6, 6.07) is 0. The van der Waals surface area contributed by atoms with E-state index in [1.807, 2.05) is 13.8 Å². The first-order valence-corrected chi connectivity index (χ1v) is 5.26. The Morgan fingerprint density at radius 2 is 1.47 bits per heavy atom. The van der Waals surface area contributed by atoms with Gasteiger partial charge < -0.3 is 10.2 Å². The molecule has 0 unspecified atom stereocenters. The van der Waals surface area contributed by atoms with E-state index >= 15 is 0 Å². The lowest BCUT2D eigenvalue weighted by atomic mass is 9.87. The van der Waals surface area contributed by atoms with E-state index in [9.17, 15) is 10.2 Å². The summed E-state index contributed by atoms with van der Waals surface area (Å²) in [5.41, 5.74) is 2.20. The molecule has 15 heavy (non-hydrogen) atoms. The first-order valence-electron chi connectivity index (χ1n) is 4.89. The van der Waals surface area contributed by atoms with E-state index in [1.165, 1.54) is 0 Å². The zero-order chi connectivity index (χ0) is 12.0. The predicted molar refractivity (Wildman–Crippen MR) is 62.6 cm³/mol. The normalized spacial score (nSPS) is 11.9. The summed E-state index contributed by atoms with van der Waals surface area (Å²) in [5.74, 6) is 0.111. The molecular formula is C12H17ClO2. The fraction of sp³-hybridized carbons (Fsp3) is 0.500. The molecule has 0 saturated carbocycles. The summed E-state index contributed by atoms with van der Waals surface area (Å²) in [5, 5.41) is 20.1. The fourth-order valence-electron chi connectivity index (χ4n) is 2.02. The molecule has 0 heterocycles. The van der Waals surface area contributed by atoms with E-state index in [-0.39, 0.29) is 5.75 Å². The molecule has 2 nitrogen and oxygen atoms in total. The van der Waals surface area contributed by atoms with Crippen LogP contribution in [0.4, 0.5) is 0 Å². The largest absolute Gasteiger partial charge is 0.506 e. The standard InChI is InChI=1S/C12H17ClO2/c1-6-7(2)11(14)10(13)8(3)9(6)12(4,5)15/h14-15H,1-5H3. The highest BCUT2D eigenvalue weighted by Crippen LogP contribution is 2.39. The highest BCUT2D eigenvalue weighted by atomic mass is 35.5. The molecule has 0 fully saturated rings. The second-order valence-corrected chi connectivity index (χ2v) is 4.85. The van der Waals surface area contributed by atoms with Crippen molar-refractivity contribution in [2.45, 2.75) is 40.2 Å². The molecule has 0 bridgehead atoms. The molecule has 0 atom stereocenters. The van der Waals surface area contributed by atoms with Crippen molar-refractivity contribution in [2.24, 2.45) is 0 Å². The van der Waals surface area contributed by atoms with Crippen LogP contribution in [0, 0.1) is 20.8 Å². The molecule has 84 valence electrons. The van der Waals surface area contributed by atoms with Crippen LogP contribution in [-0.2, 0) is 5.60 Å². The summed E-state index contributed by atoms with van der Waals surface area (Å²) in [6.07, 6.45) is 0. The maximum Gasteiger partial charge on any atom is 0.137 e. The van der Waals surface area contributed by atoms with Crippen molar-refractivity contribution >= 4 is 11.6 Å². The zero-order valence-electron chi connectivity index (χ0n) is 9.77. The lowest BCUT2D eigenvalue weighted by molar-refractivity contribution is 0.0771. The van der Waals surface area contributed by atoms with Crippen LogP contribution in [0.5, 0.6) is 5.75 Å². The number of aliphatic hydroxyl groups is 1. The molecule has 0 amide bonds. The van der Waals surface area contributed by atoms with Gasteiger partial charge in [0.2, 0.25) is 0 Å². The van der Waals surface area contributed by atoms with Gasteiger partial charge in [-0.1, -0.05) is 11.6 Å². The Balaban J connectivity index is 3.68. The van der Waals surface area contributed by atoms with Gasteiger partial charge in [0.15, 0.2) is 0 Å². The van der Waals surface area contributed by atoms with Crippen LogP contribution in [0.2, 0.25) is 5.02 Å². The SMILES string of the molecule is Cc1c(C)c(C(C)(C)O)c(C)c(Cl)c1O. The number of halogens is 1. The zero-order valence-corrected chi connectivity index (χ0v) is 10.5. The van der Waals surface area contributed by atoms with Gasteiger partial charge in [0.05, 0.1) is 10.6 Å². The lowest BCUT2D eigenvalue weighted by Gasteiger charge is -2.25. The van der Waals surface area contributed by atoms with Gasteiger partial charge in [0.1, 0.15) is 5.75 Å². The van der Waals surface area contributed by atoms with Crippen LogP contribution in [0.1, 0.15) is 36.1 Å². The molecule has 0 spiro atoms. The Morgan fingerprint density at radius 1 is 1.00 bits per heavy atom. The van der Waals surface area contributed by atoms with E-state index in [1.54, 1.807) is 20.8 Å². The second kappa shape index (κ2) is 3.69. The molecule has 0 aliphatic carbocycles. The minimum atomic E-state index is -0.948. The summed E-state index contributed by atoms with van der Waals surface area (Å²) < 4.78 is 0. The molecule has 1 aromatic carbocycles.